The van der Waals surface area contributed by atoms with Gasteiger partial charge in [0, 0.05) is 31.6 Å². The maximum Gasteiger partial charge on any atom is 0.254 e. The highest BCUT2D eigenvalue weighted by atomic mass is 32.2. The number of hydrogen-bond donors (Lipinski definition) is 0. The molecule has 2 saturated heterocycles. The standard InChI is InChI=1S/C24H28N2O5S/c27-24(18-6-9-20(10-7-18)32(28,29)25-12-1-2-13-25)26-14-3-5-21(26)19-8-11-22-23(17-19)31-16-4-15-30-22/h6-11,17,21H,1-5,12-16H2. The van der Waals surface area contributed by atoms with Crippen molar-refractivity contribution in [2.24, 2.45) is 0 Å². The smallest absolute Gasteiger partial charge is 0.254 e. The van der Waals surface area contributed by atoms with Gasteiger partial charge in [0.2, 0.25) is 10.0 Å². The summed E-state index contributed by atoms with van der Waals surface area (Å²) in [5.41, 5.74) is 1.54. The molecule has 7 nitrogen and oxygen atoms in total. The molecule has 0 aromatic heterocycles. The second-order valence-corrected chi connectivity index (χ2v) is 10.5. The molecule has 1 atom stereocenters. The molecule has 0 spiro atoms. The van der Waals surface area contributed by atoms with Crippen molar-refractivity contribution in [1.29, 1.82) is 0 Å². The van der Waals surface area contributed by atoms with Gasteiger partial charge in [-0.2, -0.15) is 4.31 Å². The zero-order chi connectivity index (χ0) is 22.1. The zero-order valence-corrected chi connectivity index (χ0v) is 18.9. The number of hydrogen-bond acceptors (Lipinski definition) is 5. The summed E-state index contributed by atoms with van der Waals surface area (Å²) in [6.45, 7) is 3.06. The molecule has 3 aliphatic heterocycles. The fourth-order valence-corrected chi connectivity index (χ4v) is 6.27. The number of carbonyl (C=O) groups excluding carboxylic acids is 1. The molecule has 32 heavy (non-hydrogen) atoms. The number of benzene rings is 2. The van der Waals surface area contributed by atoms with Crippen LogP contribution in [0.15, 0.2) is 47.4 Å². The minimum Gasteiger partial charge on any atom is -0.490 e. The topological polar surface area (TPSA) is 76.2 Å². The first-order chi connectivity index (χ1) is 15.5. The molecule has 2 aromatic rings. The van der Waals surface area contributed by atoms with Gasteiger partial charge in [-0.3, -0.25) is 4.79 Å². The molecule has 5 rings (SSSR count). The predicted molar refractivity (Wildman–Crippen MR) is 119 cm³/mol. The molecular weight excluding hydrogens is 428 g/mol. The van der Waals surface area contributed by atoms with E-state index in [2.05, 4.69) is 0 Å². The molecule has 2 aromatic carbocycles. The number of sulfonamides is 1. The lowest BCUT2D eigenvalue weighted by molar-refractivity contribution is 0.0735. The van der Waals surface area contributed by atoms with Gasteiger partial charge in [-0.25, -0.2) is 8.42 Å². The van der Waals surface area contributed by atoms with E-state index in [4.69, 9.17) is 9.47 Å². The molecule has 8 heteroatoms. The molecule has 170 valence electrons. The van der Waals surface area contributed by atoms with Crippen LogP contribution in [0.1, 0.15) is 54.1 Å². The Morgan fingerprint density at radius 1 is 0.844 bits per heavy atom. The minimum atomic E-state index is -3.48. The van der Waals surface area contributed by atoms with Crippen molar-refractivity contribution in [3.05, 3.63) is 53.6 Å². The number of likely N-dealkylation sites (tertiary alicyclic amines) is 1. The fraction of sp³-hybridized carbons (Fsp3) is 0.458. The number of carbonyl (C=O) groups is 1. The Hall–Kier alpha value is -2.58. The average molecular weight is 457 g/mol. The van der Waals surface area contributed by atoms with Gasteiger partial charge in [0.25, 0.3) is 5.91 Å². The summed E-state index contributed by atoms with van der Waals surface area (Å²) in [6.07, 6.45) is 4.44. The van der Waals surface area contributed by atoms with Crippen LogP contribution in [-0.4, -0.2) is 56.4 Å². The van der Waals surface area contributed by atoms with Crippen molar-refractivity contribution in [2.45, 2.75) is 43.0 Å². The molecule has 2 fully saturated rings. The van der Waals surface area contributed by atoms with E-state index in [-0.39, 0.29) is 16.8 Å². The summed E-state index contributed by atoms with van der Waals surface area (Å²) in [5, 5.41) is 0. The van der Waals surface area contributed by atoms with E-state index in [1.54, 1.807) is 24.3 Å². The quantitative estimate of drug-likeness (QED) is 0.703. The number of amides is 1. The largest absolute Gasteiger partial charge is 0.490 e. The summed E-state index contributed by atoms with van der Waals surface area (Å²) < 4.78 is 38.6. The van der Waals surface area contributed by atoms with Gasteiger partial charge < -0.3 is 14.4 Å². The van der Waals surface area contributed by atoms with Gasteiger partial charge in [0.15, 0.2) is 11.5 Å². The highest BCUT2D eigenvalue weighted by Crippen LogP contribution is 2.38. The molecule has 0 aliphatic carbocycles. The van der Waals surface area contributed by atoms with E-state index in [9.17, 15) is 13.2 Å². The van der Waals surface area contributed by atoms with Crippen molar-refractivity contribution < 1.29 is 22.7 Å². The molecule has 0 saturated carbocycles. The fourth-order valence-electron chi connectivity index (χ4n) is 4.76. The van der Waals surface area contributed by atoms with Crippen molar-refractivity contribution in [3.8, 4) is 11.5 Å². The predicted octanol–water partition coefficient (Wildman–Crippen LogP) is 3.61. The molecule has 1 unspecified atom stereocenters. The second kappa shape index (κ2) is 8.75. The number of rotatable bonds is 4. The summed E-state index contributed by atoms with van der Waals surface area (Å²) in [4.78, 5) is 15.4. The van der Waals surface area contributed by atoms with E-state index in [0.717, 1.165) is 49.2 Å². The first-order valence-corrected chi connectivity index (χ1v) is 12.8. The lowest BCUT2D eigenvalue weighted by Gasteiger charge is -2.26. The van der Waals surface area contributed by atoms with E-state index < -0.39 is 10.0 Å². The lowest BCUT2D eigenvalue weighted by atomic mass is 10.0. The summed E-state index contributed by atoms with van der Waals surface area (Å²) in [6, 6.07) is 12.3. The molecule has 0 N–H and O–H groups in total. The lowest BCUT2D eigenvalue weighted by Crippen LogP contribution is -2.31. The van der Waals surface area contributed by atoms with Gasteiger partial charge in [-0.1, -0.05) is 6.07 Å². The van der Waals surface area contributed by atoms with Crippen LogP contribution in [-0.2, 0) is 10.0 Å². The number of fused-ring (bicyclic) bond motifs is 1. The van der Waals surface area contributed by atoms with Gasteiger partial charge in [0.05, 0.1) is 24.2 Å². The van der Waals surface area contributed by atoms with Crippen molar-refractivity contribution in [3.63, 3.8) is 0 Å². The summed E-state index contributed by atoms with van der Waals surface area (Å²) >= 11 is 0. The molecule has 3 aliphatic rings. The van der Waals surface area contributed by atoms with Crippen LogP contribution in [0.2, 0.25) is 0 Å². The van der Waals surface area contributed by atoms with Gasteiger partial charge in [0.1, 0.15) is 0 Å². The molecule has 1 amide bonds. The SMILES string of the molecule is O=C(c1ccc(S(=O)(=O)N2CCCC2)cc1)N1CCCC1c1ccc2c(c1)OCCCO2. The van der Waals surface area contributed by atoms with Gasteiger partial charge in [-0.15, -0.1) is 0 Å². The average Bonchev–Trinajstić information content (AvgIpc) is 3.48. The van der Waals surface area contributed by atoms with E-state index in [1.807, 2.05) is 23.1 Å². The Balaban J connectivity index is 1.35. The third-order valence-corrected chi connectivity index (χ3v) is 8.39. The van der Waals surface area contributed by atoms with Crippen molar-refractivity contribution in [1.82, 2.24) is 9.21 Å². The Kier molecular flexibility index (Phi) is 5.82. The van der Waals surface area contributed by atoms with Crippen molar-refractivity contribution in [2.75, 3.05) is 32.8 Å². The van der Waals surface area contributed by atoms with E-state index >= 15 is 0 Å². The van der Waals surface area contributed by atoms with Crippen LogP contribution in [0.25, 0.3) is 0 Å². The monoisotopic (exact) mass is 456 g/mol. The third-order valence-electron chi connectivity index (χ3n) is 6.47. The first kappa shape index (κ1) is 21.3. The maximum absolute atomic E-state index is 13.3. The number of ether oxygens (including phenoxy) is 2. The van der Waals surface area contributed by atoms with Crippen LogP contribution >= 0.6 is 0 Å². The Morgan fingerprint density at radius 3 is 2.31 bits per heavy atom. The number of nitrogens with zero attached hydrogens (tertiary/aromatic N) is 2. The second-order valence-electron chi connectivity index (χ2n) is 8.55. The Labute approximate surface area is 189 Å². The van der Waals surface area contributed by atoms with Crippen LogP contribution in [0.3, 0.4) is 0 Å². The molecule has 3 heterocycles. The normalized spacial score (nSPS) is 21.5. The Morgan fingerprint density at radius 2 is 1.56 bits per heavy atom. The van der Waals surface area contributed by atoms with Crippen LogP contribution in [0.5, 0.6) is 11.5 Å². The Bertz CT molecular complexity index is 1090. The minimum absolute atomic E-state index is 0.0346. The van der Waals surface area contributed by atoms with Gasteiger partial charge >= 0.3 is 0 Å². The van der Waals surface area contributed by atoms with E-state index in [1.165, 1.54) is 4.31 Å². The maximum atomic E-state index is 13.3. The van der Waals surface area contributed by atoms with Gasteiger partial charge in [-0.05, 0) is 67.6 Å². The zero-order valence-electron chi connectivity index (χ0n) is 18.0. The summed E-state index contributed by atoms with van der Waals surface area (Å²) in [7, 11) is -3.48. The highest BCUT2D eigenvalue weighted by Gasteiger charge is 2.32. The van der Waals surface area contributed by atoms with Crippen LogP contribution < -0.4 is 9.47 Å². The van der Waals surface area contributed by atoms with Crippen LogP contribution in [0.4, 0.5) is 0 Å². The van der Waals surface area contributed by atoms with E-state index in [0.29, 0.717) is 38.4 Å². The molecule has 0 bridgehead atoms. The highest BCUT2D eigenvalue weighted by molar-refractivity contribution is 7.89. The van der Waals surface area contributed by atoms with Crippen LogP contribution in [0, 0.1) is 0 Å². The first-order valence-electron chi connectivity index (χ1n) is 11.3. The van der Waals surface area contributed by atoms with Crippen molar-refractivity contribution >= 4 is 15.9 Å². The summed E-state index contributed by atoms with van der Waals surface area (Å²) in [5.74, 6) is 1.40. The third kappa shape index (κ3) is 3.97. The molecular formula is C24H28N2O5S. The molecule has 0 radical (unpaired) electrons.